The number of allylic oxidation sites excluding steroid dienone is 10. The molecule has 2 heteroatoms. The van der Waals surface area contributed by atoms with Gasteiger partial charge in [0.2, 0.25) is 0 Å². The lowest BCUT2D eigenvalue weighted by molar-refractivity contribution is 0.731. The van der Waals surface area contributed by atoms with Crippen LogP contribution in [0.2, 0.25) is 0 Å². The third-order valence-electron chi connectivity index (χ3n) is 11.3. The van der Waals surface area contributed by atoms with Crippen LogP contribution in [-0.2, 0) is 0 Å². The van der Waals surface area contributed by atoms with Gasteiger partial charge in [-0.1, -0.05) is 152 Å². The second-order valence-corrected chi connectivity index (χ2v) is 14.0. The quantitative estimate of drug-likeness (QED) is 0.182. The van der Waals surface area contributed by atoms with Gasteiger partial charge in [-0.25, -0.2) is 0 Å². The van der Waals surface area contributed by atoms with E-state index in [0.717, 1.165) is 12.8 Å². The van der Waals surface area contributed by atoms with Crippen molar-refractivity contribution < 1.29 is 0 Å². The molecule has 2 heterocycles. The van der Waals surface area contributed by atoms with Crippen LogP contribution in [0.25, 0.3) is 27.5 Å². The van der Waals surface area contributed by atoms with Gasteiger partial charge in [0.25, 0.3) is 0 Å². The molecule has 0 saturated heterocycles. The molecule has 240 valence electrons. The monoisotopic (exact) mass is 642 g/mol. The normalized spacial score (nSPS) is 22.1. The van der Waals surface area contributed by atoms with Gasteiger partial charge in [-0.2, -0.15) is 0 Å². The van der Waals surface area contributed by atoms with E-state index in [1.807, 2.05) is 0 Å². The molecule has 6 aromatic rings. The zero-order valence-electron chi connectivity index (χ0n) is 27.9. The zero-order valence-corrected chi connectivity index (χ0v) is 27.9. The van der Waals surface area contributed by atoms with Gasteiger partial charge in [0, 0.05) is 45.6 Å². The molecule has 10 rings (SSSR count). The molecule has 0 amide bonds. The first-order valence-corrected chi connectivity index (χ1v) is 18.0. The molecule has 0 radical (unpaired) electrons. The van der Waals surface area contributed by atoms with Crippen molar-refractivity contribution in [2.24, 2.45) is 0 Å². The van der Waals surface area contributed by atoms with Crippen LogP contribution < -0.4 is 4.90 Å². The van der Waals surface area contributed by atoms with Gasteiger partial charge in [-0.15, -0.1) is 0 Å². The van der Waals surface area contributed by atoms with Crippen LogP contribution in [0.5, 0.6) is 0 Å². The van der Waals surface area contributed by atoms with Gasteiger partial charge >= 0.3 is 0 Å². The Hall–Kier alpha value is -5.86. The highest BCUT2D eigenvalue weighted by molar-refractivity contribution is 6.09. The molecule has 1 aliphatic heterocycles. The Balaban J connectivity index is 0.966. The summed E-state index contributed by atoms with van der Waals surface area (Å²) in [6, 6.07) is 45.0. The van der Waals surface area contributed by atoms with E-state index in [0.29, 0.717) is 17.9 Å². The van der Waals surface area contributed by atoms with Crippen molar-refractivity contribution in [3.05, 3.63) is 210 Å². The van der Waals surface area contributed by atoms with E-state index in [2.05, 4.69) is 192 Å². The SMILES string of the molecule is C1=CC(c2ccccc2N2c3ccccc3C3C=CC=CC32)CC(C2=CC=CC(c3ccccc3-n3c4ccccc4c4ccccc43)C2)=C1. The van der Waals surface area contributed by atoms with Crippen LogP contribution in [0.3, 0.4) is 0 Å². The molecule has 4 unspecified atom stereocenters. The summed E-state index contributed by atoms with van der Waals surface area (Å²) < 4.78 is 2.47. The molecule has 0 N–H and O–H groups in total. The minimum absolute atomic E-state index is 0.285. The molecule has 0 spiro atoms. The van der Waals surface area contributed by atoms with Crippen molar-refractivity contribution in [1.29, 1.82) is 0 Å². The van der Waals surface area contributed by atoms with E-state index in [9.17, 15) is 0 Å². The summed E-state index contributed by atoms with van der Waals surface area (Å²) in [5.74, 6) is 0.964. The van der Waals surface area contributed by atoms with Crippen molar-refractivity contribution in [2.75, 3.05) is 4.90 Å². The number of para-hydroxylation sites is 5. The Labute approximate surface area is 294 Å². The number of hydrogen-bond acceptors (Lipinski definition) is 1. The number of benzene rings is 5. The Morgan fingerprint density at radius 2 is 0.900 bits per heavy atom. The molecule has 0 fully saturated rings. The fourth-order valence-corrected chi connectivity index (χ4v) is 9.04. The van der Waals surface area contributed by atoms with Crippen molar-refractivity contribution >= 4 is 33.2 Å². The van der Waals surface area contributed by atoms with Crippen molar-refractivity contribution in [1.82, 2.24) is 4.57 Å². The van der Waals surface area contributed by atoms with E-state index < -0.39 is 0 Å². The van der Waals surface area contributed by atoms with Gasteiger partial charge in [0.15, 0.2) is 0 Å². The third-order valence-corrected chi connectivity index (χ3v) is 11.3. The first kappa shape index (κ1) is 29.1. The lowest BCUT2D eigenvalue weighted by atomic mass is 9.79. The predicted molar refractivity (Wildman–Crippen MR) is 210 cm³/mol. The topological polar surface area (TPSA) is 8.17 Å². The molecular formula is C48H38N2. The number of rotatable bonds is 5. The molecule has 50 heavy (non-hydrogen) atoms. The highest BCUT2D eigenvalue weighted by atomic mass is 15.2. The highest BCUT2D eigenvalue weighted by Crippen LogP contribution is 2.50. The van der Waals surface area contributed by atoms with Crippen molar-refractivity contribution in [2.45, 2.75) is 36.6 Å². The van der Waals surface area contributed by atoms with Crippen LogP contribution in [0.15, 0.2) is 193 Å². The zero-order chi connectivity index (χ0) is 33.0. The lowest BCUT2D eigenvalue weighted by Crippen LogP contribution is -2.29. The van der Waals surface area contributed by atoms with Crippen LogP contribution in [-0.4, -0.2) is 10.6 Å². The maximum absolute atomic E-state index is 2.59. The van der Waals surface area contributed by atoms with E-state index in [4.69, 9.17) is 0 Å². The van der Waals surface area contributed by atoms with Gasteiger partial charge in [0.05, 0.1) is 17.1 Å². The number of fused-ring (bicyclic) bond motifs is 6. The Bertz CT molecular complexity index is 2430. The van der Waals surface area contributed by atoms with Crippen LogP contribution in [0.4, 0.5) is 11.4 Å². The fraction of sp³-hybridized carbons (Fsp3) is 0.125. The lowest BCUT2D eigenvalue weighted by Gasteiger charge is -2.33. The Kier molecular flexibility index (Phi) is 6.94. The maximum Gasteiger partial charge on any atom is 0.0629 e. The molecule has 0 bridgehead atoms. The minimum Gasteiger partial charge on any atom is -0.333 e. The maximum atomic E-state index is 2.59. The average molecular weight is 643 g/mol. The largest absolute Gasteiger partial charge is 0.333 e. The number of aromatic nitrogens is 1. The van der Waals surface area contributed by atoms with Gasteiger partial charge < -0.3 is 9.47 Å². The molecule has 5 aromatic carbocycles. The molecule has 4 aliphatic rings. The second-order valence-electron chi connectivity index (χ2n) is 14.0. The van der Waals surface area contributed by atoms with E-state index in [1.165, 1.54) is 66.7 Å². The summed E-state index contributed by atoms with van der Waals surface area (Å²) in [6.45, 7) is 0. The highest BCUT2D eigenvalue weighted by Gasteiger charge is 2.38. The molecule has 1 aromatic heterocycles. The first-order chi connectivity index (χ1) is 24.8. The summed E-state index contributed by atoms with van der Waals surface area (Å²) >= 11 is 0. The predicted octanol–water partition coefficient (Wildman–Crippen LogP) is 12.2. The second kappa shape index (κ2) is 11.9. The molecule has 0 saturated carbocycles. The van der Waals surface area contributed by atoms with Crippen molar-refractivity contribution in [3.63, 3.8) is 0 Å². The Morgan fingerprint density at radius 1 is 0.420 bits per heavy atom. The van der Waals surface area contributed by atoms with Crippen LogP contribution in [0.1, 0.15) is 47.3 Å². The standard InChI is InChI=1S/C48H38N2/c1-7-25-43(49-45-27-9-3-21-39(45)40-22-4-10-28-46(40)49)37(19-1)35-17-13-15-33(31-35)34-16-14-18-36(32-34)38-20-2-8-26-44(38)50-47-29-11-5-23-41(47)42-24-6-12-30-48(42)50/h1-30,35-36,39,45H,31-32H2. The van der Waals surface area contributed by atoms with E-state index >= 15 is 0 Å². The first-order valence-electron chi connectivity index (χ1n) is 18.0. The number of anilines is 2. The van der Waals surface area contributed by atoms with E-state index in [-0.39, 0.29) is 5.92 Å². The molecule has 4 atom stereocenters. The summed E-state index contributed by atoms with van der Waals surface area (Å²) in [5, 5.41) is 2.60. The van der Waals surface area contributed by atoms with Crippen LogP contribution in [0, 0.1) is 0 Å². The number of nitrogens with zero attached hydrogens (tertiary/aromatic N) is 2. The third kappa shape index (κ3) is 4.63. The van der Waals surface area contributed by atoms with Crippen LogP contribution >= 0.6 is 0 Å². The van der Waals surface area contributed by atoms with Gasteiger partial charge in [-0.3, -0.25) is 0 Å². The van der Waals surface area contributed by atoms with E-state index in [1.54, 1.807) is 0 Å². The summed E-state index contributed by atoms with van der Waals surface area (Å²) in [4.78, 5) is 2.59. The smallest absolute Gasteiger partial charge is 0.0629 e. The summed E-state index contributed by atoms with van der Waals surface area (Å²) in [7, 11) is 0. The Morgan fingerprint density at radius 3 is 1.54 bits per heavy atom. The fourth-order valence-electron chi connectivity index (χ4n) is 9.04. The minimum atomic E-state index is 0.285. The summed E-state index contributed by atoms with van der Waals surface area (Å²) in [5.41, 5.74) is 13.5. The molecule has 2 nitrogen and oxygen atoms in total. The summed E-state index contributed by atoms with van der Waals surface area (Å²) in [6.07, 6.45) is 25.2. The van der Waals surface area contributed by atoms with Gasteiger partial charge in [-0.05, 0) is 71.0 Å². The van der Waals surface area contributed by atoms with Crippen molar-refractivity contribution in [3.8, 4) is 5.69 Å². The average Bonchev–Trinajstić information content (AvgIpc) is 3.71. The number of hydrogen-bond donors (Lipinski definition) is 0. The van der Waals surface area contributed by atoms with Gasteiger partial charge in [0.1, 0.15) is 0 Å². The molecular weight excluding hydrogens is 605 g/mol. The molecule has 3 aliphatic carbocycles.